The molecule has 1 fully saturated rings. The van der Waals surface area contributed by atoms with Crippen molar-refractivity contribution in [3.63, 3.8) is 0 Å². The van der Waals surface area contributed by atoms with Crippen molar-refractivity contribution >= 4 is 40.0 Å². The lowest BCUT2D eigenvalue weighted by atomic mass is 10.2. The van der Waals surface area contributed by atoms with Gasteiger partial charge in [0.1, 0.15) is 0 Å². The maximum atomic E-state index is 12.5. The molecule has 0 aliphatic carbocycles. The second kappa shape index (κ2) is 10.3. The first-order chi connectivity index (χ1) is 11.4. The Morgan fingerprint density at radius 1 is 1.32 bits per heavy atom. The van der Waals surface area contributed by atoms with Gasteiger partial charge in [0.05, 0.1) is 18.0 Å². The molecule has 2 rings (SSSR count). The minimum absolute atomic E-state index is 0. The van der Waals surface area contributed by atoms with Crippen molar-refractivity contribution in [1.82, 2.24) is 9.62 Å². The van der Waals surface area contributed by atoms with Gasteiger partial charge < -0.3 is 15.8 Å². The number of hydrogen-bond acceptors (Lipinski definition) is 4. The SMILES string of the molecule is COCC(C)NC(N)=NCc1ccc(S(=O)(=O)N2CCCC2)cc1.I. The van der Waals surface area contributed by atoms with Crippen LogP contribution in [0.5, 0.6) is 0 Å². The molecule has 1 aromatic carbocycles. The number of ether oxygens (including phenoxy) is 1. The van der Waals surface area contributed by atoms with E-state index in [1.807, 2.05) is 6.92 Å². The Labute approximate surface area is 167 Å². The van der Waals surface area contributed by atoms with Crippen LogP contribution in [-0.4, -0.2) is 51.5 Å². The first kappa shape index (κ1) is 22.1. The van der Waals surface area contributed by atoms with Crippen LogP contribution in [0, 0.1) is 0 Å². The number of rotatable bonds is 7. The van der Waals surface area contributed by atoms with Crippen LogP contribution in [0.3, 0.4) is 0 Å². The van der Waals surface area contributed by atoms with Crippen LogP contribution in [0.25, 0.3) is 0 Å². The third-order valence-electron chi connectivity index (χ3n) is 3.87. The van der Waals surface area contributed by atoms with E-state index in [2.05, 4.69) is 10.3 Å². The first-order valence-corrected chi connectivity index (χ1v) is 9.52. The number of methoxy groups -OCH3 is 1. The normalized spacial score (nSPS) is 17.1. The Morgan fingerprint density at radius 3 is 2.48 bits per heavy atom. The number of nitrogens with two attached hydrogens (primary N) is 1. The summed E-state index contributed by atoms with van der Waals surface area (Å²) in [7, 11) is -1.73. The van der Waals surface area contributed by atoms with Crippen LogP contribution in [0.1, 0.15) is 25.3 Å². The zero-order valence-electron chi connectivity index (χ0n) is 14.6. The van der Waals surface area contributed by atoms with Crippen LogP contribution in [-0.2, 0) is 21.3 Å². The molecular formula is C16H27IN4O3S. The van der Waals surface area contributed by atoms with E-state index in [4.69, 9.17) is 10.5 Å². The van der Waals surface area contributed by atoms with Crippen molar-refractivity contribution in [3.05, 3.63) is 29.8 Å². The predicted molar refractivity (Wildman–Crippen MR) is 110 cm³/mol. The van der Waals surface area contributed by atoms with Gasteiger partial charge in [0.15, 0.2) is 5.96 Å². The molecule has 1 aliphatic heterocycles. The smallest absolute Gasteiger partial charge is 0.243 e. The molecule has 7 nitrogen and oxygen atoms in total. The summed E-state index contributed by atoms with van der Waals surface area (Å²) in [6.45, 7) is 4.10. The van der Waals surface area contributed by atoms with Crippen LogP contribution >= 0.6 is 24.0 Å². The second-order valence-electron chi connectivity index (χ2n) is 5.96. The second-order valence-corrected chi connectivity index (χ2v) is 7.90. The number of benzene rings is 1. The highest BCUT2D eigenvalue weighted by Crippen LogP contribution is 2.21. The monoisotopic (exact) mass is 482 g/mol. The third-order valence-corrected chi connectivity index (χ3v) is 5.78. The molecule has 0 amide bonds. The number of sulfonamides is 1. The lowest BCUT2D eigenvalue weighted by Crippen LogP contribution is -2.40. The molecule has 1 heterocycles. The summed E-state index contributed by atoms with van der Waals surface area (Å²) >= 11 is 0. The fourth-order valence-corrected chi connectivity index (χ4v) is 4.13. The van der Waals surface area contributed by atoms with E-state index in [0.717, 1.165) is 18.4 Å². The van der Waals surface area contributed by atoms with E-state index in [9.17, 15) is 8.42 Å². The van der Waals surface area contributed by atoms with Crippen molar-refractivity contribution < 1.29 is 13.2 Å². The lowest BCUT2D eigenvalue weighted by Gasteiger charge is -2.15. The number of aliphatic imine (C=N–C) groups is 1. The molecule has 0 spiro atoms. The zero-order chi connectivity index (χ0) is 17.6. The molecule has 0 radical (unpaired) electrons. The number of nitrogens with zero attached hydrogens (tertiary/aromatic N) is 2. The van der Waals surface area contributed by atoms with Gasteiger partial charge in [-0.05, 0) is 37.5 Å². The molecule has 0 saturated carbocycles. The fraction of sp³-hybridized carbons (Fsp3) is 0.562. The highest BCUT2D eigenvalue weighted by Gasteiger charge is 2.26. The average molecular weight is 482 g/mol. The Kier molecular flexibility index (Phi) is 9.11. The largest absolute Gasteiger partial charge is 0.383 e. The molecule has 1 aromatic rings. The van der Waals surface area contributed by atoms with Gasteiger partial charge in [0.25, 0.3) is 0 Å². The van der Waals surface area contributed by atoms with Gasteiger partial charge in [-0.25, -0.2) is 13.4 Å². The molecule has 1 atom stereocenters. The molecular weight excluding hydrogens is 455 g/mol. The van der Waals surface area contributed by atoms with Crippen molar-refractivity contribution in [2.24, 2.45) is 10.7 Å². The summed E-state index contributed by atoms with van der Waals surface area (Å²) < 4.78 is 31.5. The molecule has 1 unspecified atom stereocenters. The summed E-state index contributed by atoms with van der Waals surface area (Å²) in [5.41, 5.74) is 6.72. The molecule has 1 aliphatic rings. The molecule has 0 aromatic heterocycles. The Hall–Kier alpha value is -0.910. The molecule has 142 valence electrons. The van der Waals surface area contributed by atoms with Gasteiger partial charge in [-0.2, -0.15) is 4.31 Å². The quantitative estimate of drug-likeness (QED) is 0.349. The van der Waals surface area contributed by atoms with E-state index in [1.54, 1.807) is 35.7 Å². The standard InChI is InChI=1S/C16H26N4O3S.HI/c1-13(12-23-2)19-16(17)18-11-14-5-7-15(8-6-14)24(21,22)20-9-3-4-10-20;/h5-8,13H,3-4,9-12H2,1-2H3,(H3,17,18,19);1H. The van der Waals surface area contributed by atoms with Gasteiger partial charge >= 0.3 is 0 Å². The summed E-state index contributed by atoms with van der Waals surface area (Å²) in [6, 6.07) is 6.90. The fourth-order valence-electron chi connectivity index (χ4n) is 2.61. The van der Waals surface area contributed by atoms with Crippen molar-refractivity contribution in [3.8, 4) is 0 Å². The summed E-state index contributed by atoms with van der Waals surface area (Å²) in [5, 5.41) is 3.02. The van der Waals surface area contributed by atoms with E-state index in [0.29, 0.717) is 37.1 Å². The molecule has 1 saturated heterocycles. The molecule has 9 heteroatoms. The van der Waals surface area contributed by atoms with Gasteiger partial charge in [-0.3, -0.25) is 0 Å². The van der Waals surface area contributed by atoms with E-state index < -0.39 is 10.0 Å². The lowest BCUT2D eigenvalue weighted by molar-refractivity contribution is 0.179. The average Bonchev–Trinajstić information content (AvgIpc) is 3.09. The molecule has 3 N–H and O–H groups in total. The van der Waals surface area contributed by atoms with Crippen LogP contribution in [0.2, 0.25) is 0 Å². The van der Waals surface area contributed by atoms with Gasteiger partial charge in [0, 0.05) is 26.2 Å². The zero-order valence-corrected chi connectivity index (χ0v) is 17.8. The number of hydrogen-bond donors (Lipinski definition) is 2. The number of guanidine groups is 1. The Bertz CT molecular complexity index is 658. The van der Waals surface area contributed by atoms with Crippen LogP contribution in [0.15, 0.2) is 34.2 Å². The summed E-state index contributed by atoms with van der Waals surface area (Å²) in [6.07, 6.45) is 1.86. The van der Waals surface area contributed by atoms with Gasteiger partial charge in [-0.1, -0.05) is 12.1 Å². The van der Waals surface area contributed by atoms with Gasteiger partial charge in [0.2, 0.25) is 10.0 Å². The molecule has 0 bridgehead atoms. The maximum Gasteiger partial charge on any atom is 0.243 e. The highest BCUT2D eigenvalue weighted by molar-refractivity contribution is 14.0. The van der Waals surface area contributed by atoms with E-state index in [-0.39, 0.29) is 30.0 Å². The highest BCUT2D eigenvalue weighted by atomic mass is 127. The van der Waals surface area contributed by atoms with E-state index >= 15 is 0 Å². The minimum atomic E-state index is -3.36. The van der Waals surface area contributed by atoms with Crippen LogP contribution in [0.4, 0.5) is 0 Å². The molecule has 25 heavy (non-hydrogen) atoms. The van der Waals surface area contributed by atoms with Crippen LogP contribution < -0.4 is 11.1 Å². The third kappa shape index (κ3) is 6.39. The van der Waals surface area contributed by atoms with Crippen molar-refractivity contribution in [1.29, 1.82) is 0 Å². The summed E-state index contributed by atoms with van der Waals surface area (Å²) in [4.78, 5) is 4.58. The Balaban J connectivity index is 0.00000312. The minimum Gasteiger partial charge on any atom is -0.383 e. The van der Waals surface area contributed by atoms with E-state index in [1.165, 1.54) is 0 Å². The first-order valence-electron chi connectivity index (χ1n) is 8.08. The Morgan fingerprint density at radius 2 is 1.92 bits per heavy atom. The van der Waals surface area contributed by atoms with Crippen molar-refractivity contribution in [2.45, 2.75) is 37.2 Å². The number of halogens is 1. The predicted octanol–water partition coefficient (Wildman–Crippen LogP) is 1.53. The summed E-state index contributed by atoms with van der Waals surface area (Å²) in [5.74, 6) is 0.341. The number of nitrogens with one attached hydrogen (secondary N) is 1. The van der Waals surface area contributed by atoms with Crippen molar-refractivity contribution in [2.75, 3.05) is 26.8 Å². The maximum absolute atomic E-state index is 12.5. The van der Waals surface area contributed by atoms with Gasteiger partial charge in [-0.15, -0.1) is 24.0 Å². The topological polar surface area (TPSA) is 97.0 Å².